The minimum Gasteiger partial charge on any atom is -0.481 e. The molecule has 2 heterocycles. The van der Waals surface area contributed by atoms with Gasteiger partial charge in [-0.3, -0.25) is 38.8 Å². The highest BCUT2D eigenvalue weighted by atomic mass is 16.6. The molecule has 4 fully saturated rings. The number of hydrogen-bond acceptors (Lipinski definition) is 14. The van der Waals surface area contributed by atoms with Crippen LogP contribution < -0.4 is 0 Å². The predicted octanol–water partition coefficient (Wildman–Crippen LogP) is 3.49. The monoisotopic (exact) mass is 748 g/mol. The highest BCUT2D eigenvalue weighted by Gasteiger charge is 2.55. The molecule has 0 atom stereocenters. The fourth-order valence-corrected chi connectivity index (χ4v) is 7.45. The van der Waals surface area contributed by atoms with Crippen LogP contribution in [-0.4, -0.2) is 148 Å². The van der Waals surface area contributed by atoms with Crippen molar-refractivity contribution in [2.45, 2.75) is 130 Å². The summed E-state index contributed by atoms with van der Waals surface area (Å²) in [6, 6.07) is 0. The number of carbonyl (C=O) groups is 4. The van der Waals surface area contributed by atoms with Gasteiger partial charge in [0.25, 0.3) is 0 Å². The van der Waals surface area contributed by atoms with Gasteiger partial charge in [-0.2, -0.15) is 4.98 Å². The van der Waals surface area contributed by atoms with Crippen molar-refractivity contribution in [2.24, 2.45) is 5.41 Å². The first-order valence-electron chi connectivity index (χ1n) is 19.2. The van der Waals surface area contributed by atoms with E-state index in [2.05, 4.69) is 10.1 Å². The van der Waals surface area contributed by atoms with Crippen molar-refractivity contribution < 1.29 is 43.0 Å². The van der Waals surface area contributed by atoms with Gasteiger partial charge in [0, 0.05) is 57.8 Å². The molecule has 0 unspecified atom stereocenters. The van der Waals surface area contributed by atoms with Crippen LogP contribution in [-0.2, 0) is 45.3 Å². The highest BCUT2D eigenvalue weighted by molar-refractivity contribution is 5.75. The number of fused-ring (bicyclic) bond motifs is 3. The van der Waals surface area contributed by atoms with Gasteiger partial charge in [0.05, 0.1) is 31.6 Å². The number of rotatable bonds is 10. The van der Waals surface area contributed by atoms with Crippen molar-refractivity contribution in [3.8, 4) is 0 Å². The summed E-state index contributed by atoms with van der Waals surface area (Å²) < 4.78 is 22.8. The summed E-state index contributed by atoms with van der Waals surface area (Å²) in [7, 11) is 0. The third-order valence-corrected chi connectivity index (χ3v) is 10.2. The lowest BCUT2D eigenvalue weighted by Crippen LogP contribution is -2.49. The van der Waals surface area contributed by atoms with E-state index in [1.54, 1.807) is 0 Å². The molecular formula is C38H64N6O9. The molecule has 1 aromatic rings. The molecule has 0 amide bonds. The highest BCUT2D eigenvalue weighted by Crippen LogP contribution is 2.57. The van der Waals surface area contributed by atoms with Crippen LogP contribution in [0.3, 0.4) is 0 Å². The number of aliphatic carboxylic acids is 1. The number of nitrogens with zero attached hydrogens (tertiary/aromatic N) is 6. The second kappa shape index (κ2) is 17.1. The number of esters is 3. The van der Waals surface area contributed by atoms with Gasteiger partial charge < -0.3 is 23.8 Å². The van der Waals surface area contributed by atoms with E-state index in [0.29, 0.717) is 89.9 Å². The third kappa shape index (κ3) is 13.3. The Hall–Kier alpha value is -3.14. The number of carboxylic acid groups (broad SMARTS) is 1. The van der Waals surface area contributed by atoms with E-state index < -0.39 is 28.2 Å². The Balaban J connectivity index is 1.53. The Labute approximate surface area is 315 Å². The summed E-state index contributed by atoms with van der Waals surface area (Å²) in [5, 5.41) is 14.3. The quantitative estimate of drug-likeness (QED) is 0.273. The first-order valence-corrected chi connectivity index (χ1v) is 19.2. The second-order valence-corrected chi connectivity index (χ2v) is 18.2. The summed E-state index contributed by atoms with van der Waals surface area (Å²) in [4.78, 5) is 64.2. The van der Waals surface area contributed by atoms with Gasteiger partial charge in [-0.25, -0.2) is 0 Å². The standard InChI is InChI=1S/C38H64N6O9/c1-34(2,3)50-29(45)25-42-18-16-41(24-28-39-32(40-53-28)37-10-13-38(14-11-37,15-12-37)33(48)49)17-19-43(26-30(46)51-35(4,5)6)21-23-44(22-20-42)27-31(47)52-36(7,8)9/h10-27H2,1-9H3,(H,48,49). The van der Waals surface area contributed by atoms with E-state index >= 15 is 0 Å². The summed E-state index contributed by atoms with van der Waals surface area (Å²) in [6.45, 7) is 21.3. The molecule has 53 heavy (non-hydrogen) atoms. The average molecular weight is 749 g/mol. The molecule has 4 aliphatic rings. The summed E-state index contributed by atoms with van der Waals surface area (Å²) in [5.41, 5.74) is -2.78. The number of aromatic nitrogens is 2. The van der Waals surface area contributed by atoms with Gasteiger partial charge in [0.1, 0.15) is 16.8 Å². The number of ether oxygens (including phenoxy) is 3. The molecule has 1 aromatic heterocycles. The molecule has 15 heteroatoms. The molecule has 0 spiro atoms. The van der Waals surface area contributed by atoms with Crippen LogP contribution in [0.1, 0.15) is 113 Å². The molecule has 15 nitrogen and oxygen atoms in total. The number of hydrogen-bond donors (Lipinski definition) is 1. The van der Waals surface area contributed by atoms with Crippen molar-refractivity contribution in [3.63, 3.8) is 0 Å². The van der Waals surface area contributed by atoms with E-state index in [1.165, 1.54) is 0 Å². The summed E-state index contributed by atoms with van der Waals surface area (Å²) >= 11 is 0. The predicted molar refractivity (Wildman–Crippen MR) is 196 cm³/mol. The van der Waals surface area contributed by atoms with E-state index in [-0.39, 0.29) is 43.0 Å². The minimum atomic E-state index is -0.702. The lowest BCUT2D eigenvalue weighted by Gasteiger charge is -2.49. The maximum atomic E-state index is 13.0. The zero-order valence-electron chi connectivity index (χ0n) is 33.6. The van der Waals surface area contributed by atoms with Crippen molar-refractivity contribution in [2.75, 3.05) is 72.0 Å². The maximum Gasteiger partial charge on any atom is 0.320 e. The molecule has 5 rings (SSSR count). The first kappa shape index (κ1) is 42.6. The summed E-state index contributed by atoms with van der Waals surface area (Å²) in [6.07, 6.45) is 4.04. The van der Waals surface area contributed by atoms with Gasteiger partial charge in [0.2, 0.25) is 5.89 Å². The van der Waals surface area contributed by atoms with E-state index in [1.807, 2.05) is 77.0 Å². The van der Waals surface area contributed by atoms with Crippen LogP contribution >= 0.6 is 0 Å². The second-order valence-electron chi connectivity index (χ2n) is 18.2. The molecule has 0 aromatic carbocycles. The van der Waals surface area contributed by atoms with E-state index in [9.17, 15) is 24.3 Å². The maximum absolute atomic E-state index is 13.0. The smallest absolute Gasteiger partial charge is 0.320 e. The molecule has 3 saturated carbocycles. The van der Waals surface area contributed by atoms with Crippen LogP contribution in [0.5, 0.6) is 0 Å². The minimum absolute atomic E-state index is 0.0717. The Morgan fingerprint density at radius 1 is 0.604 bits per heavy atom. The molecule has 300 valence electrons. The van der Waals surface area contributed by atoms with Crippen molar-refractivity contribution in [1.29, 1.82) is 0 Å². The summed E-state index contributed by atoms with van der Waals surface area (Å²) in [5.74, 6) is -0.565. The Kier molecular flexibility index (Phi) is 13.8. The Morgan fingerprint density at radius 2 is 0.943 bits per heavy atom. The first-order chi connectivity index (χ1) is 24.5. The molecule has 1 aliphatic heterocycles. The lowest BCUT2D eigenvalue weighted by molar-refractivity contribution is -0.158. The topological polar surface area (TPSA) is 168 Å². The SMILES string of the molecule is CC(C)(C)OC(=O)CN1CCN(CC(=O)OC(C)(C)C)CCN(Cc2nc(C34CCC(C(=O)O)(CC3)CC4)no2)CCN(CC(=O)OC(C)(C)C)CC1. The number of carbonyl (C=O) groups excluding carboxylic acids is 3. The van der Waals surface area contributed by atoms with Gasteiger partial charge >= 0.3 is 23.9 Å². The largest absolute Gasteiger partial charge is 0.481 e. The molecule has 1 saturated heterocycles. The van der Waals surface area contributed by atoms with E-state index in [0.717, 1.165) is 19.3 Å². The van der Waals surface area contributed by atoms with Gasteiger partial charge in [-0.05, 0) is 101 Å². The van der Waals surface area contributed by atoms with Gasteiger partial charge in [0.15, 0.2) is 5.82 Å². The fourth-order valence-electron chi connectivity index (χ4n) is 7.45. The van der Waals surface area contributed by atoms with Crippen molar-refractivity contribution >= 4 is 23.9 Å². The average Bonchev–Trinajstić information content (AvgIpc) is 3.50. The Morgan fingerprint density at radius 3 is 1.26 bits per heavy atom. The van der Waals surface area contributed by atoms with Crippen molar-refractivity contribution in [1.82, 2.24) is 29.7 Å². The zero-order chi connectivity index (χ0) is 39.2. The van der Waals surface area contributed by atoms with E-state index in [4.69, 9.17) is 23.7 Å². The van der Waals surface area contributed by atoms with Gasteiger partial charge in [-0.1, -0.05) is 5.16 Å². The van der Waals surface area contributed by atoms with Crippen LogP contribution in [0.25, 0.3) is 0 Å². The fraction of sp³-hybridized carbons (Fsp3) is 0.842. The van der Waals surface area contributed by atoms with Crippen LogP contribution in [0, 0.1) is 5.41 Å². The number of carboxylic acids is 1. The zero-order valence-corrected chi connectivity index (χ0v) is 33.6. The normalized spacial score (nSPS) is 24.9. The van der Waals surface area contributed by atoms with Crippen molar-refractivity contribution in [3.05, 3.63) is 11.7 Å². The van der Waals surface area contributed by atoms with Crippen LogP contribution in [0.2, 0.25) is 0 Å². The van der Waals surface area contributed by atoms with Crippen LogP contribution in [0.4, 0.5) is 0 Å². The lowest BCUT2D eigenvalue weighted by atomic mass is 9.53. The van der Waals surface area contributed by atoms with Crippen LogP contribution in [0.15, 0.2) is 4.52 Å². The molecular weight excluding hydrogens is 684 g/mol. The molecule has 1 N–H and O–H groups in total. The molecule has 2 bridgehead atoms. The molecule has 0 radical (unpaired) electrons. The van der Waals surface area contributed by atoms with Gasteiger partial charge in [-0.15, -0.1) is 0 Å². The Bertz CT molecular complexity index is 1360. The third-order valence-electron chi connectivity index (χ3n) is 10.2. The molecule has 3 aliphatic carbocycles.